The van der Waals surface area contributed by atoms with Crippen molar-refractivity contribution in [3.63, 3.8) is 0 Å². The third kappa shape index (κ3) is 1.27. The Morgan fingerprint density at radius 1 is 1.45 bits per heavy atom. The summed E-state index contributed by atoms with van der Waals surface area (Å²) >= 11 is 0. The molecule has 2 saturated heterocycles. The van der Waals surface area contributed by atoms with Gasteiger partial charge in [0.1, 0.15) is 0 Å². The van der Waals surface area contributed by atoms with E-state index in [-0.39, 0.29) is 5.79 Å². The second kappa shape index (κ2) is 2.71. The second-order valence-electron chi connectivity index (χ2n) is 3.13. The molecule has 2 heterocycles. The highest BCUT2D eigenvalue weighted by molar-refractivity contribution is 4.91. The third-order valence-electron chi connectivity index (χ3n) is 2.32. The van der Waals surface area contributed by atoms with Crippen molar-refractivity contribution in [3.05, 3.63) is 0 Å². The van der Waals surface area contributed by atoms with Gasteiger partial charge < -0.3 is 20.5 Å². The topological polar surface area (TPSA) is 56.5 Å². The van der Waals surface area contributed by atoms with Crippen LogP contribution in [0.4, 0.5) is 0 Å². The number of ether oxygens (including phenoxy) is 2. The number of nitrogens with two attached hydrogens (primary N) is 1. The summed E-state index contributed by atoms with van der Waals surface area (Å²) in [7, 11) is 0. The molecule has 2 fully saturated rings. The maximum absolute atomic E-state index is 5.51. The molecule has 0 bridgehead atoms. The van der Waals surface area contributed by atoms with Crippen LogP contribution in [0.15, 0.2) is 0 Å². The van der Waals surface area contributed by atoms with E-state index in [4.69, 9.17) is 15.2 Å². The maximum atomic E-state index is 5.51. The van der Waals surface area contributed by atoms with Gasteiger partial charge in [0.2, 0.25) is 0 Å². The summed E-state index contributed by atoms with van der Waals surface area (Å²) in [5, 5.41) is 3.26. The largest absolute Gasteiger partial charge is 0.346 e. The van der Waals surface area contributed by atoms with E-state index in [1.807, 2.05) is 0 Å². The summed E-state index contributed by atoms with van der Waals surface area (Å²) in [6.07, 6.45) is 0.892. The van der Waals surface area contributed by atoms with Crippen LogP contribution in [-0.4, -0.2) is 38.1 Å². The Labute approximate surface area is 66.0 Å². The van der Waals surface area contributed by atoms with E-state index in [0.717, 1.165) is 26.2 Å². The van der Waals surface area contributed by atoms with E-state index in [9.17, 15) is 0 Å². The Balaban J connectivity index is 1.96. The molecule has 2 aliphatic heterocycles. The van der Waals surface area contributed by atoms with Crippen molar-refractivity contribution in [1.82, 2.24) is 5.32 Å². The maximum Gasteiger partial charge on any atom is 0.182 e. The van der Waals surface area contributed by atoms with E-state index in [1.165, 1.54) is 0 Å². The number of hydrogen-bond acceptors (Lipinski definition) is 4. The first kappa shape index (κ1) is 7.49. The fourth-order valence-electron chi connectivity index (χ4n) is 1.70. The van der Waals surface area contributed by atoms with E-state index < -0.39 is 0 Å². The monoisotopic (exact) mass is 158 g/mol. The number of rotatable bonds is 1. The lowest BCUT2D eigenvalue weighted by molar-refractivity contribution is -0.140. The zero-order chi connectivity index (χ0) is 7.73. The average molecular weight is 158 g/mol. The highest BCUT2D eigenvalue weighted by Gasteiger charge is 2.43. The van der Waals surface area contributed by atoms with Crippen LogP contribution in [0.5, 0.6) is 0 Å². The van der Waals surface area contributed by atoms with Gasteiger partial charge >= 0.3 is 0 Å². The van der Waals surface area contributed by atoms with Gasteiger partial charge in [-0.2, -0.15) is 0 Å². The molecule has 0 radical (unpaired) electrons. The van der Waals surface area contributed by atoms with Gasteiger partial charge in [-0.3, -0.25) is 0 Å². The lowest BCUT2D eigenvalue weighted by Gasteiger charge is -2.19. The second-order valence-corrected chi connectivity index (χ2v) is 3.13. The minimum absolute atomic E-state index is 0.329. The molecule has 0 aromatic rings. The van der Waals surface area contributed by atoms with E-state index in [2.05, 4.69) is 5.32 Å². The Morgan fingerprint density at radius 3 is 2.73 bits per heavy atom. The van der Waals surface area contributed by atoms with Crippen LogP contribution in [-0.2, 0) is 9.47 Å². The molecule has 1 atom stereocenters. The molecule has 1 spiro atoms. The van der Waals surface area contributed by atoms with Crippen LogP contribution in [0.2, 0.25) is 0 Å². The Bertz CT molecular complexity index is 145. The van der Waals surface area contributed by atoms with E-state index >= 15 is 0 Å². The van der Waals surface area contributed by atoms with Crippen molar-refractivity contribution in [2.75, 3.05) is 26.3 Å². The lowest BCUT2D eigenvalue weighted by atomic mass is 10.1. The molecule has 4 heteroatoms. The highest BCUT2D eigenvalue weighted by Crippen LogP contribution is 2.28. The quantitative estimate of drug-likeness (QED) is 0.516. The van der Waals surface area contributed by atoms with Gasteiger partial charge in [-0.15, -0.1) is 0 Å². The molecule has 2 rings (SSSR count). The van der Waals surface area contributed by atoms with Gasteiger partial charge in [0, 0.05) is 19.0 Å². The average Bonchev–Trinajstić information content (AvgIpc) is 2.62. The lowest BCUT2D eigenvalue weighted by Crippen LogP contribution is -2.32. The Kier molecular flexibility index (Phi) is 1.85. The molecule has 0 aromatic carbocycles. The van der Waals surface area contributed by atoms with Crippen molar-refractivity contribution in [2.24, 2.45) is 5.73 Å². The summed E-state index contributed by atoms with van der Waals surface area (Å²) in [5.41, 5.74) is 5.51. The predicted molar refractivity (Wildman–Crippen MR) is 40.1 cm³/mol. The minimum Gasteiger partial charge on any atom is -0.346 e. The smallest absolute Gasteiger partial charge is 0.182 e. The Hall–Kier alpha value is -0.160. The SMILES string of the molecule is NCC1CC2(CN1)OCCO2. The first-order chi connectivity index (χ1) is 5.35. The molecule has 4 nitrogen and oxygen atoms in total. The summed E-state index contributed by atoms with van der Waals surface area (Å²) < 4.78 is 11.0. The van der Waals surface area contributed by atoms with Crippen molar-refractivity contribution in [3.8, 4) is 0 Å². The third-order valence-corrected chi connectivity index (χ3v) is 2.32. The minimum atomic E-state index is -0.329. The highest BCUT2D eigenvalue weighted by atomic mass is 16.7. The van der Waals surface area contributed by atoms with Gasteiger partial charge in [0.15, 0.2) is 5.79 Å². The predicted octanol–water partition coefficient (Wildman–Crippen LogP) is -0.950. The van der Waals surface area contributed by atoms with Crippen LogP contribution in [0.1, 0.15) is 6.42 Å². The Morgan fingerprint density at radius 2 is 2.18 bits per heavy atom. The normalized spacial score (nSPS) is 35.2. The molecule has 0 saturated carbocycles. The van der Waals surface area contributed by atoms with Gasteiger partial charge in [-0.25, -0.2) is 0 Å². The van der Waals surface area contributed by atoms with Crippen molar-refractivity contribution in [2.45, 2.75) is 18.2 Å². The zero-order valence-electron chi connectivity index (χ0n) is 6.51. The summed E-state index contributed by atoms with van der Waals surface area (Å²) in [4.78, 5) is 0. The van der Waals surface area contributed by atoms with Crippen molar-refractivity contribution in [1.29, 1.82) is 0 Å². The molecule has 64 valence electrons. The van der Waals surface area contributed by atoms with E-state index in [1.54, 1.807) is 0 Å². The van der Waals surface area contributed by atoms with Crippen LogP contribution in [0, 0.1) is 0 Å². The molecule has 1 unspecified atom stereocenters. The zero-order valence-corrected chi connectivity index (χ0v) is 6.51. The van der Waals surface area contributed by atoms with Gasteiger partial charge in [0.25, 0.3) is 0 Å². The fraction of sp³-hybridized carbons (Fsp3) is 1.00. The molecule has 2 aliphatic rings. The van der Waals surface area contributed by atoms with Gasteiger partial charge in [-0.1, -0.05) is 0 Å². The van der Waals surface area contributed by atoms with Crippen LogP contribution >= 0.6 is 0 Å². The standard InChI is InChI=1S/C7H14N2O2/c8-4-6-3-7(5-9-6)10-1-2-11-7/h6,9H,1-5,8H2. The molecule has 0 amide bonds. The number of hydrogen-bond donors (Lipinski definition) is 2. The van der Waals surface area contributed by atoms with Crippen molar-refractivity contribution >= 4 is 0 Å². The molecular formula is C7H14N2O2. The van der Waals surface area contributed by atoms with E-state index in [0.29, 0.717) is 12.6 Å². The van der Waals surface area contributed by atoms with Crippen LogP contribution < -0.4 is 11.1 Å². The van der Waals surface area contributed by atoms with Crippen molar-refractivity contribution < 1.29 is 9.47 Å². The molecule has 11 heavy (non-hydrogen) atoms. The van der Waals surface area contributed by atoms with Gasteiger partial charge in [-0.05, 0) is 0 Å². The van der Waals surface area contributed by atoms with Gasteiger partial charge in [0.05, 0.1) is 19.8 Å². The fourth-order valence-corrected chi connectivity index (χ4v) is 1.70. The first-order valence-electron chi connectivity index (χ1n) is 4.06. The van der Waals surface area contributed by atoms with Crippen LogP contribution in [0.25, 0.3) is 0 Å². The summed E-state index contributed by atoms with van der Waals surface area (Å²) in [5.74, 6) is -0.329. The summed E-state index contributed by atoms with van der Waals surface area (Å²) in [6, 6.07) is 0.369. The first-order valence-corrected chi connectivity index (χ1v) is 4.06. The molecule has 0 aliphatic carbocycles. The molecule has 3 N–H and O–H groups in total. The molecule has 0 aromatic heterocycles. The molecular weight excluding hydrogens is 144 g/mol. The van der Waals surface area contributed by atoms with Crippen LogP contribution in [0.3, 0.4) is 0 Å². The summed E-state index contributed by atoms with van der Waals surface area (Å²) in [6.45, 7) is 2.89. The number of nitrogens with one attached hydrogen (secondary N) is 1.